The molecular formula is C21H33N7O7. The lowest BCUT2D eigenvalue weighted by atomic mass is 10.1. The third kappa shape index (κ3) is 10.7. The largest absolute Gasteiger partial charge is 0.508 e. The van der Waals surface area contributed by atoms with Crippen molar-refractivity contribution in [1.82, 2.24) is 16.0 Å². The summed E-state index contributed by atoms with van der Waals surface area (Å²) in [6, 6.07) is 1.17. The van der Waals surface area contributed by atoms with E-state index in [4.69, 9.17) is 22.3 Å². The van der Waals surface area contributed by atoms with Gasteiger partial charge in [-0.2, -0.15) is 0 Å². The lowest BCUT2D eigenvalue weighted by Gasteiger charge is -2.23. The molecule has 0 heterocycles. The van der Waals surface area contributed by atoms with Crippen LogP contribution in [0.5, 0.6) is 5.75 Å². The van der Waals surface area contributed by atoms with Gasteiger partial charge >= 0.3 is 5.97 Å². The second kappa shape index (κ2) is 14.4. The summed E-state index contributed by atoms with van der Waals surface area (Å²) in [5, 5.41) is 35.0. The van der Waals surface area contributed by atoms with Crippen molar-refractivity contribution in [2.45, 2.75) is 50.4 Å². The molecule has 4 atom stereocenters. The van der Waals surface area contributed by atoms with E-state index in [-0.39, 0.29) is 37.5 Å². The van der Waals surface area contributed by atoms with Gasteiger partial charge in [0.05, 0.1) is 12.6 Å². The average Bonchev–Trinajstić information content (AvgIpc) is 2.80. The fraction of sp³-hybridized carbons (Fsp3) is 0.476. The first kappa shape index (κ1) is 29.1. The van der Waals surface area contributed by atoms with Crippen molar-refractivity contribution in [2.75, 3.05) is 13.2 Å². The maximum absolute atomic E-state index is 12.7. The Morgan fingerprint density at radius 3 is 2.09 bits per heavy atom. The zero-order valence-electron chi connectivity index (χ0n) is 19.3. The topological polar surface area (TPSA) is 255 Å². The number of aromatic hydroxyl groups is 1. The van der Waals surface area contributed by atoms with Crippen LogP contribution in [0.2, 0.25) is 0 Å². The molecule has 194 valence electrons. The summed E-state index contributed by atoms with van der Waals surface area (Å²) in [7, 11) is 0. The van der Waals surface area contributed by atoms with E-state index in [1.165, 1.54) is 19.1 Å². The van der Waals surface area contributed by atoms with Gasteiger partial charge in [-0.15, -0.1) is 0 Å². The van der Waals surface area contributed by atoms with Crippen LogP contribution >= 0.6 is 0 Å². The number of nitrogens with zero attached hydrogens (tertiary/aromatic N) is 1. The average molecular weight is 496 g/mol. The van der Waals surface area contributed by atoms with Crippen LogP contribution in [0.4, 0.5) is 0 Å². The van der Waals surface area contributed by atoms with Crippen LogP contribution < -0.4 is 33.2 Å². The summed E-state index contributed by atoms with van der Waals surface area (Å²) >= 11 is 0. The standard InChI is InChI=1S/C21H33N7O7/c1-11(20(34)35)26-18(32)15(3-2-8-25-21(23)24)27-19(33)16(10-29)28-17(31)14(22)9-12-4-6-13(30)7-5-12/h4-7,11,14-16,29-30H,2-3,8-10,22H2,1H3,(H,26,32)(H,27,33)(H,28,31)(H,34,35)(H4,23,24,25). The highest BCUT2D eigenvalue weighted by Gasteiger charge is 2.29. The number of phenolic OH excluding ortho intramolecular Hbond substituents is 1. The third-order valence-corrected chi connectivity index (χ3v) is 4.85. The molecule has 35 heavy (non-hydrogen) atoms. The van der Waals surface area contributed by atoms with E-state index >= 15 is 0 Å². The highest BCUT2D eigenvalue weighted by Crippen LogP contribution is 2.11. The molecule has 1 aromatic rings. The van der Waals surface area contributed by atoms with Crippen molar-refractivity contribution in [3.63, 3.8) is 0 Å². The lowest BCUT2D eigenvalue weighted by molar-refractivity contribution is -0.141. The molecule has 0 saturated heterocycles. The number of carboxylic acid groups (broad SMARTS) is 1. The number of carboxylic acids is 1. The molecule has 0 aliphatic heterocycles. The number of aliphatic imine (C=N–C) groups is 1. The molecular weight excluding hydrogens is 462 g/mol. The maximum Gasteiger partial charge on any atom is 0.325 e. The van der Waals surface area contributed by atoms with Crippen molar-refractivity contribution in [3.05, 3.63) is 29.8 Å². The first-order valence-electron chi connectivity index (χ1n) is 10.8. The predicted octanol–water partition coefficient (Wildman–Crippen LogP) is -3.13. The van der Waals surface area contributed by atoms with Crippen molar-refractivity contribution < 1.29 is 34.5 Å². The van der Waals surface area contributed by atoms with E-state index in [0.717, 1.165) is 0 Å². The smallest absolute Gasteiger partial charge is 0.325 e. The molecule has 0 aliphatic rings. The first-order valence-corrected chi connectivity index (χ1v) is 10.8. The van der Waals surface area contributed by atoms with Crippen molar-refractivity contribution >= 4 is 29.7 Å². The molecule has 3 amide bonds. The maximum atomic E-state index is 12.7. The van der Waals surface area contributed by atoms with Crippen molar-refractivity contribution in [2.24, 2.45) is 22.2 Å². The summed E-state index contributed by atoms with van der Waals surface area (Å²) in [4.78, 5) is 52.5. The first-order chi connectivity index (χ1) is 16.4. The Bertz CT molecular complexity index is 904. The molecule has 1 aromatic carbocycles. The Kier molecular flexibility index (Phi) is 12.0. The summed E-state index contributed by atoms with van der Waals surface area (Å²) in [6.07, 6.45) is 0.424. The number of nitrogens with two attached hydrogens (primary N) is 3. The summed E-state index contributed by atoms with van der Waals surface area (Å²) < 4.78 is 0. The van der Waals surface area contributed by atoms with Crippen LogP contribution in [0.3, 0.4) is 0 Å². The van der Waals surface area contributed by atoms with Gasteiger partial charge in [-0.25, -0.2) is 0 Å². The zero-order chi connectivity index (χ0) is 26.5. The van der Waals surface area contributed by atoms with Gasteiger partial charge < -0.3 is 48.5 Å². The molecule has 1 rings (SSSR count). The predicted molar refractivity (Wildman–Crippen MR) is 126 cm³/mol. The third-order valence-electron chi connectivity index (χ3n) is 4.85. The number of aliphatic hydroxyl groups excluding tert-OH is 1. The van der Waals surface area contributed by atoms with Crippen LogP contribution in [0.1, 0.15) is 25.3 Å². The Hall–Kier alpha value is -3.91. The summed E-state index contributed by atoms with van der Waals surface area (Å²) in [5.41, 5.74) is 17.1. The van der Waals surface area contributed by atoms with E-state index in [1.54, 1.807) is 12.1 Å². The second-order valence-electron chi connectivity index (χ2n) is 7.80. The number of aliphatic carboxylic acids is 1. The quantitative estimate of drug-likeness (QED) is 0.0712. The highest BCUT2D eigenvalue weighted by atomic mass is 16.4. The number of amides is 3. The number of carbonyl (C=O) groups is 4. The zero-order valence-corrected chi connectivity index (χ0v) is 19.3. The summed E-state index contributed by atoms with van der Waals surface area (Å²) in [6.45, 7) is 0.630. The van der Waals surface area contributed by atoms with Gasteiger partial charge in [-0.1, -0.05) is 12.1 Å². The highest BCUT2D eigenvalue weighted by molar-refractivity contribution is 5.94. The van der Waals surface area contributed by atoms with Gasteiger partial charge in [0.25, 0.3) is 0 Å². The van der Waals surface area contributed by atoms with E-state index < -0.39 is 54.5 Å². The number of carbonyl (C=O) groups excluding carboxylic acids is 3. The normalized spacial score (nSPS) is 14.0. The number of phenols is 1. The Balaban J connectivity index is 2.81. The van der Waals surface area contributed by atoms with Crippen molar-refractivity contribution in [3.8, 4) is 5.75 Å². The van der Waals surface area contributed by atoms with Crippen LogP contribution in [0, 0.1) is 0 Å². The molecule has 14 heteroatoms. The fourth-order valence-electron chi connectivity index (χ4n) is 2.87. The molecule has 0 spiro atoms. The van der Waals surface area contributed by atoms with Gasteiger partial charge in [-0.05, 0) is 43.9 Å². The molecule has 0 aromatic heterocycles. The number of hydrogen-bond donors (Lipinski definition) is 9. The van der Waals surface area contributed by atoms with Gasteiger partial charge in [0.15, 0.2) is 5.96 Å². The molecule has 4 unspecified atom stereocenters. The second-order valence-corrected chi connectivity index (χ2v) is 7.80. The van der Waals surface area contributed by atoms with E-state index in [0.29, 0.717) is 5.56 Å². The summed E-state index contributed by atoms with van der Waals surface area (Å²) in [5.74, 6) is -3.74. The van der Waals surface area contributed by atoms with Crippen LogP contribution in [0.25, 0.3) is 0 Å². The minimum atomic E-state index is -1.42. The Morgan fingerprint density at radius 2 is 1.54 bits per heavy atom. The van der Waals surface area contributed by atoms with Crippen molar-refractivity contribution in [1.29, 1.82) is 0 Å². The minimum Gasteiger partial charge on any atom is -0.508 e. The van der Waals surface area contributed by atoms with Crippen LogP contribution in [-0.4, -0.2) is 82.3 Å². The fourth-order valence-corrected chi connectivity index (χ4v) is 2.87. The molecule has 14 nitrogen and oxygen atoms in total. The molecule has 0 fully saturated rings. The molecule has 0 radical (unpaired) electrons. The molecule has 12 N–H and O–H groups in total. The van der Waals surface area contributed by atoms with Gasteiger partial charge in [0.2, 0.25) is 17.7 Å². The Labute approximate surface area is 201 Å². The van der Waals surface area contributed by atoms with Gasteiger partial charge in [-0.3, -0.25) is 24.2 Å². The number of nitrogens with one attached hydrogen (secondary N) is 3. The van der Waals surface area contributed by atoms with Crippen LogP contribution in [-0.2, 0) is 25.6 Å². The molecule has 0 saturated carbocycles. The van der Waals surface area contributed by atoms with E-state index in [1.807, 2.05) is 0 Å². The van der Waals surface area contributed by atoms with Crippen LogP contribution in [0.15, 0.2) is 29.3 Å². The number of hydrogen-bond acceptors (Lipinski definition) is 8. The minimum absolute atomic E-state index is 0.0488. The van der Waals surface area contributed by atoms with E-state index in [9.17, 15) is 29.4 Å². The van der Waals surface area contributed by atoms with Gasteiger partial charge in [0, 0.05) is 6.54 Å². The molecule has 0 bridgehead atoms. The number of benzene rings is 1. The Morgan fingerprint density at radius 1 is 0.971 bits per heavy atom. The van der Waals surface area contributed by atoms with E-state index in [2.05, 4.69) is 20.9 Å². The monoisotopic (exact) mass is 495 g/mol. The number of rotatable bonds is 14. The number of aliphatic hydroxyl groups is 1. The SMILES string of the molecule is CC(NC(=O)C(CCCN=C(N)N)NC(=O)C(CO)NC(=O)C(N)Cc1ccc(O)cc1)C(=O)O. The molecule has 0 aliphatic carbocycles. The number of guanidine groups is 1. The van der Waals surface area contributed by atoms with Gasteiger partial charge in [0.1, 0.15) is 23.9 Å². The lowest BCUT2D eigenvalue weighted by Crippen LogP contribution is -2.58.